The van der Waals surface area contributed by atoms with Crippen LogP contribution in [-0.4, -0.2) is 47.8 Å². The van der Waals surface area contributed by atoms with Gasteiger partial charge in [-0.3, -0.25) is 4.79 Å². The van der Waals surface area contributed by atoms with Crippen LogP contribution in [0.15, 0.2) is 0 Å². The van der Waals surface area contributed by atoms with Crippen molar-refractivity contribution in [1.29, 1.82) is 0 Å². The molecule has 88 valence electrons. The molecule has 0 aromatic carbocycles. The number of aliphatic hydroxyl groups is 1. The summed E-state index contributed by atoms with van der Waals surface area (Å²) in [5.74, 6) is 0.0796. The molecule has 1 aliphatic rings. The number of carbonyl (C=O) groups is 1. The summed E-state index contributed by atoms with van der Waals surface area (Å²) in [6, 6.07) is 0.174. The lowest BCUT2D eigenvalue weighted by Gasteiger charge is -2.28. The highest BCUT2D eigenvalue weighted by Crippen LogP contribution is 2.16. The van der Waals surface area contributed by atoms with E-state index in [0.717, 1.165) is 12.8 Å². The van der Waals surface area contributed by atoms with E-state index in [1.807, 2.05) is 13.8 Å². The second-order valence-electron chi connectivity index (χ2n) is 4.20. The van der Waals surface area contributed by atoms with Gasteiger partial charge >= 0.3 is 0 Å². The SMILES string of the molecule is CC(C)N(CCCO)C(=O)[C@H]1CCCO1. The van der Waals surface area contributed by atoms with E-state index >= 15 is 0 Å². The molecule has 1 saturated heterocycles. The molecule has 4 nitrogen and oxygen atoms in total. The number of rotatable bonds is 5. The van der Waals surface area contributed by atoms with Crippen molar-refractivity contribution in [2.24, 2.45) is 0 Å². The molecule has 1 amide bonds. The van der Waals surface area contributed by atoms with Crippen LogP contribution in [0.4, 0.5) is 0 Å². The molecule has 0 spiro atoms. The number of carbonyl (C=O) groups excluding carboxylic acids is 1. The summed E-state index contributed by atoms with van der Waals surface area (Å²) in [4.78, 5) is 13.8. The van der Waals surface area contributed by atoms with Crippen LogP contribution < -0.4 is 0 Å². The van der Waals surface area contributed by atoms with Crippen LogP contribution in [-0.2, 0) is 9.53 Å². The molecule has 0 bridgehead atoms. The molecule has 0 unspecified atom stereocenters. The van der Waals surface area contributed by atoms with Crippen molar-refractivity contribution in [2.75, 3.05) is 19.8 Å². The Morgan fingerprint density at radius 2 is 2.33 bits per heavy atom. The number of nitrogens with zero attached hydrogens (tertiary/aromatic N) is 1. The molecule has 0 aromatic heterocycles. The third-order valence-corrected chi connectivity index (χ3v) is 2.67. The monoisotopic (exact) mass is 215 g/mol. The predicted molar refractivity (Wildman–Crippen MR) is 57.5 cm³/mol. The second kappa shape index (κ2) is 6.08. The Morgan fingerprint density at radius 1 is 1.60 bits per heavy atom. The minimum absolute atomic E-state index is 0.0796. The zero-order valence-corrected chi connectivity index (χ0v) is 9.61. The molecule has 1 atom stereocenters. The van der Waals surface area contributed by atoms with Crippen molar-refractivity contribution in [1.82, 2.24) is 4.90 Å². The lowest BCUT2D eigenvalue weighted by Crippen LogP contribution is -2.43. The van der Waals surface area contributed by atoms with Gasteiger partial charge in [-0.2, -0.15) is 0 Å². The highest BCUT2D eigenvalue weighted by Gasteiger charge is 2.29. The fourth-order valence-electron chi connectivity index (χ4n) is 1.82. The minimum Gasteiger partial charge on any atom is -0.396 e. The molecule has 0 aliphatic carbocycles. The highest BCUT2D eigenvalue weighted by atomic mass is 16.5. The van der Waals surface area contributed by atoms with Crippen LogP contribution in [0.1, 0.15) is 33.1 Å². The van der Waals surface area contributed by atoms with Gasteiger partial charge in [0, 0.05) is 25.8 Å². The molecule has 0 saturated carbocycles. The van der Waals surface area contributed by atoms with Gasteiger partial charge in [0.25, 0.3) is 5.91 Å². The van der Waals surface area contributed by atoms with E-state index in [1.54, 1.807) is 4.90 Å². The van der Waals surface area contributed by atoms with Gasteiger partial charge in [0.1, 0.15) is 6.10 Å². The first-order valence-electron chi connectivity index (χ1n) is 5.69. The second-order valence-corrected chi connectivity index (χ2v) is 4.20. The fourth-order valence-corrected chi connectivity index (χ4v) is 1.82. The van der Waals surface area contributed by atoms with Crippen LogP contribution in [0.5, 0.6) is 0 Å². The Balaban J connectivity index is 2.49. The summed E-state index contributed by atoms with van der Waals surface area (Å²) in [6.07, 6.45) is 2.20. The van der Waals surface area contributed by atoms with Crippen LogP contribution >= 0.6 is 0 Å². The lowest BCUT2D eigenvalue weighted by molar-refractivity contribution is -0.142. The standard InChI is InChI=1S/C11H21NO3/c1-9(2)12(6-4-7-13)11(14)10-5-3-8-15-10/h9-10,13H,3-8H2,1-2H3/t10-/m1/s1. The van der Waals surface area contributed by atoms with Gasteiger partial charge in [-0.05, 0) is 33.1 Å². The molecule has 1 N–H and O–H groups in total. The van der Waals surface area contributed by atoms with E-state index in [2.05, 4.69) is 0 Å². The maximum Gasteiger partial charge on any atom is 0.251 e. The molecule has 0 radical (unpaired) electrons. The third kappa shape index (κ3) is 3.47. The Morgan fingerprint density at radius 3 is 2.80 bits per heavy atom. The molecule has 1 heterocycles. The van der Waals surface area contributed by atoms with Gasteiger partial charge in [-0.1, -0.05) is 0 Å². The van der Waals surface area contributed by atoms with Crippen molar-refractivity contribution >= 4 is 5.91 Å². The summed E-state index contributed by atoms with van der Waals surface area (Å²) < 4.78 is 5.37. The van der Waals surface area contributed by atoms with Crippen molar-refractivity contribution in [3.63, 3.8) is 0 Å². The zero-order chi connectivity index (χ0) is 11.3. The van der Waals surface area contributed by atoms with Crippen LogP contribution in [0.25, 0.3) is 0 Å². The Labute approximate surface area is 91.2 Å². The van der Waals surface area contributed by atoms with Gasteiger partial charge in [-0.25, -0.2) is 0 Å². The molecular weight excluding hydrogens is 194 g/mol. The first-order valence-corrected chi connectivity index (χ1v) is 5.69. The van der Waals surface area contributed by atoms with Crippen LogP contribution in [0.3, 0.4) is 0 Å². The summed E-state index contributed by atoms with van der Waals surface area (Å²) in [5.41, 5.74) is 0. The summed E-state index contributed by atoms with van der Waals surface area (Å²) >= 11 is 0. The van der Waals surface area contributed by atoms with Crippen LogP contribution in [0, 0.1) is 0 Å². The number of aliphatic hydroxyl groups excluding tert-OH is 1. The zero-order valence-electron chi connectivity index (χ0n) is 9.61. The maximum atomic E-state index is 12.0. The van der Waals surface area contributed by atoms with Gasteiger partial charge in [0.2, 0.25) is 0 Å². The first-order chi connectivity index (χ1) is 7.16. The average Bonchev–Trinajstić information content (AvgIpc) is 2.70. The van der Waals surface area contributed by atoms with Crippen LogP contribution in [0.2, 0.25) is 0 Å². The smallest absolute Gasteiger partial charge is 0.251 e. The van der Waals surface area contributed by atoms with E-state index in [-0.39, 0.29) is 24.7 Å². The number of amides is 1. The summed E-state index contributed by atoms with van der Waals surface area (Å²) in [6.45, 7) is 5.42. The number of ether oxygens (including phenoxy) is 1. The van der Waals surface area contributed by atoms with Gasteiger partial charge < -0.3 is 14.7 Å². The normalized spacial score (nSPS) is 20.9. The molecule has 1 rings (SSSR count). The molecule has 0 aromatic rings. The lowest BCUT2D eigenvalue weighted by atomic mass is 10.2. The van der Waals surface area contributed by atoms with E-state index < -0.39 is 0 Å². The molecule has 15 heavy (non-hydrogen) atoms. The van der Waals surface area contributed by atoms with Gasteiger partial charge in [0.05, 0.1) is 0 Å². The van der Waals surface area contributed by atoms with Crippen molar-refractivity contribution in [3.05, 3.63) is 0 Å². The van der Waals surface area contributed by atoms with E-state index in [1.165, 1.54) is 0 Å². The topological polar surface area (TPSA) is 49.8 Å². The minimum atomic E-state index is -0.244. The quantitative estimate of drug-likeness (QED) is 0.737. The predicted octanol–water partition coefficient (Wildman–Crippen LogP) is 0.785. The van der Waals surface area contributed by atoms with Crippen molar-refractivity contribution < 1.29 is 14.6 Å². The molecule has 1 fully saturated rings. The van der Waals surface area contributed by atoms with Gasteiger partial charge in [-0.15, -0.1) is 0 Å². The van der Waals surface area contributed by atoms with Gasteiger partial charge in [0.15, 0.2) is 0 Å². The first kappa shape index (κ1) is 12.5. The van der Waals surface area contributed by atoms with E-state index in [9.17, 15) is 4.79 Å². The largest absolute Gasteiger partial charge is 0.396 e. The average molecular weight is 215 g/mol. The Kier molecular flexibility index (Phi) is 5.05. The maximum absolute atomic E-state index is 12.0. The highest BCUT2D eigenvalue weighted by molar-refractivity contribution is 5.81. The molecular formula is C11H21NO3. The third-order valence-electron chi connectivity index (χ3n) is 2.67. The van der Waals surface area contributed by atoms with E-state index in [0.29, 0.717) is 19.6 Å². The van der Waals surface area contributed by atoms with Crippen molar-refractivity contribution in [3.8, 4) is 0 Å². The number of hydrogen-bond donors (Lipinski definition) is 1. The fraction of sp³-hybridized carbons (Fsp3) is 0.909. The van der Waals surface area contributed by atoms with Crippen molar-refractivity contribution in [2.45, 2.75) is 45.3 Å². The van der Waals surface area contributed by atoms with E-state index in [4.69, 9.17) is 9.84 Å². The Hall–Kier alpha value is -0.610. The molecule has 1 aliphatic heterocycles. The summed E-state index contributed by atoms with van der Waals surface area (Å²) in [7, 11) is 0. The Bertz CT molecular complexity index is 200. The summed E-state index contributed by atoms with van der Waals surface area (Å²) in [5, 5.41) is 8.77. The molecule has 4 heteroatoms. The number of hydrogen-bond acceptors (Lipinski definition) is 3.